The molecule has 0 aliphatic carbocycles. The summed E-state index contributed by atoms with van der Waals surface area (Å²) in [6, 6.07) is 17.1. The van der Waals surface area contributed by atoms with E-state index in [0.717, 1.165) is 16.1 Å². The van der Waals surface area contributed by atoms with Gasteiger partial charge in [0.2, 0.25) is 18.6 Å². The van der Waals surface area contributed by atoms with Crippen molar-refractivity contribution in [3.63, 3.8) is 0 Å². The molecule has 2 aliphatic rings. The molecule has 7 heteroatoms. The second kappa shape index (κ2) is 7.25. The van der Waals surface area contributed by atoms with Crippen LogP contribution in [-0.2, 0) is 9.59 Å². The van der Waals surface area contributed by atoms with Gasteiger partial charge in [-0.2, -0.15) is 0 Å². The lowest BCUT2D eigenvalue weighted by atomic mass is 10.1. The predicted molar refractivity (Wildman–Crippen MR) is 111 cm³/mol. The van der Waals surface area contributed by atoms with Crippen LogP contribution in [0.4, 0.5) is 11.4 Å². The molecule has 0 unspecified atom stereocenters. The molecule has 2 aliphatic heterocycles. The van der Waals surface area contributed by atoms with E-state index in [0.29, 0.717) is 23.7 Å². The summed E-state index contributed by atoms with van der Waals surface area (Å²) in [6.07, 6.45) is 0.182. The lowest BCUT2D eigenvalue weighted by molar-refractivity contribution is -0.122. The lowest BCUT2D eigenvalue weighted by Crippen LogP contribution is -2.28. The molecule has 1 saturated heterocycles. The molecular weight excluding hydrogens is 388 g/mol. The maximum absolute atomic E-state index is 12.9. The van der Waals surface area contributed by atoms with Gasteiger partial charge in [0.1, 0.15) is 0 Å². The summed E-state index contributed by atoms with van der Waals surface area (Å²) < 4.78 is 10.7. The fourth-order valence-electron chi connectivity index (χ4n) is 3.66. The Morgan fingerprint density at radius 2 is 1.93 bits per heavy atom. The van der Waals surface area contributed by atoms with Crippen LogP contribution >= 0.6 is 11.3 Å². The summed E-state index contributed by atoms with van der Waals surface area (Å²) in [4.78, 5) is 28.2. The molecule has 5 rings (SSSR count). The highest BCUT2D eigenvalue weighted by Gasteiger charge is 2.36. The summed E-state index contributed by atoms with van der Waals surface area (Å²) >= 11 is 1.62. The minimum Gasteiger partial charge on any atom is -0.454 e. The van der Waals surface area contributed by atoms with Crippen LogP contribution in [-0.4, -0.2) is 25.2 Å². The first-order valence-corrected chi connectivity index (χ1v) is 10.2. The lowest BCUT2D eigenvalue weighted by Gasteiger charge is -2.17. The Balaban J connectivity index is 1.33. The molecule has 2 amide bonds. The number of ether oxygens (including phenoxy) is 2. The predicted octanol–water partition coefficient (Wildman–Crippen LogP) is 4.14. The smallest absolute Gasteiger partial charge is 0.231 e. The van der Waals surface area contributed by atoms with Gasteiger partial charge in [-0.3, -0.25) is 9.59 Å². The molecule has 146 valence electrons. The summed E-state index contributed by atoms with van der Waals surface area (Å²) in [5.74, 6) is 0.651. The van der Waals surface area contributed by atoms with E-state index in [-0.39, 0.29) is 25.0 Å². The molecule has 1 N–H and O–H groups in total. The zero-order valence-electron chi connectivity index (χ0n) is 15.5. The number of carbonyl (C=O) groups excluding carboxylic acids is 2. The first-order chi connectivity index (χ1) is 14.2. The molecule has 0 bridgehead atoms. The van der Waals surface area contributed by atoms with Gasteiger partial charge >= 0.3 is 0 Å². The molecule has 1 fully saturated rings. The van der Waals surface area contributed by atoms with Gasteiger partial charge in [0.15, 0.2) is 11.5 Å². The normalized spacial score (nSPS) is 17.6. The quantitative estimate of drug-likeness (QED) is 0.707. The summed E-state index contributed by atoms with van der Waals surface area (Å²) in [5, 5.41) is 5.03. The minimum atomic E-state index is -0.413. The zero-order chi connectivity index (χ0) is 19.8. The fraction of sp³-hybridized carbons (Fsp3) is 0.182. The number of amides is 2. The number of fused-ring (bicyclic) bond motifs is 1. The summed E-state index contributed by atoms with van der Waals surface area (Å²) in [6.45, 7) is 0.521. The third-order valence-corrected chi connectivity index (χ3v) is 6.04. The van der Waals surface area contributed by atoms with Crippen molar-refractivity contribution in [3.05, 3.63) is 60.0 Å². The third kappa shape index (κ3) is 3.34. The van der Waals surface area contributed by atoms with Crippen molar-refractivity contribution in [2.24, 2.45) is 5.92 Å². The second-order valence-electron chi connectivity index (χ2n) is 6.96. The molecular formula is C22H18N2O4S. The fourth-order valence-corrected chi connectivity index (χ4v) is 4.43. The maximum atomic E-state index is 12.9. The van der Waals surface area contributed by atoms with Crippen LogP contribution in [0.5, 0.6) is 11.5 Å². The van der Waals surface area contributed by atoms with Gasteiger partial charge in [0, 0.05) is 40.8 Å². The highest BCUT2D eigenvalue weighted by atomic mass is 32.1. The number of carbonyl (C=O) groups is 2. The van der Waals surface area contributed by atoms with E-state index in [2.05, 4.69) is 5.32 Å². The Labute approximate surface area is 171 Å². The number of benzene rings is 2. The van der Waals surface area contributed by atoms with Gasteiger partial charge < -0.3 is 19.7 Å². The van der Waals surface area contributed by atoms with Gasteiger partial charge in [-0.15, -0.1) is 11.3 Å². The van der Waals surface area contributed by atoms with Crippen molar-refractivity contribution >= 4 is 34.5 Å². The standard InChI is InChI=1S/C22H18N2O4S/c25-21-10-14(12-24(21)15-7-8-18-19(11-15)28-13-27-18)22(26)23-17-5-2-1-4-16(17)20-6-3-9-29-20/h1-9,11,14H,10,12-13H2,(H,23,26)/t14-/m1/s1. The highest BCUT2D eigenvalue weighted by Crippen LogP contribution is 2.37. The Hall–Kier alpha value is -3.32. The average Bonchev–Trinajstić information content (AvgIpc) is 3.48. The van der Waals surface area contributed by atoms with E-state index in [9.17, 15) is 9.59 Å². The van der Waals surface area contributed by atoms with E-state index >= 15 is 0 Å². The number of hydrogen-bond acceptors (Lipinski definition) is 5. The molecule has 1 atom stereocenters. The molecule has 0 saturated carbocycles. The van der Waals surface area contributed by atoms with E-state index in [1.54, 1.807) is 28.4 Å². The number of nitrogens with zero attached hydrogens (tertiary/aromatic N) is 1. The molecule has 3 heterocycles. The average molecular weight is 406 g/mol. The van der Waals surface area contributed by atoms with Crippen LogP contribution < -0.4 is 19.7 Å². The number of thiophene rings is 1. The van der Waals surface area contributed by atoms with Gasteiger partial charge in [0.25, 0.3) is 0 Å². The van der Waals surface area contributed by atoms with E-state index in [4.69, 9.17) is 9.47 Å². The van der Waals surface area contributed by atoms with Crippen molar-refractivity contribution in [2.45, 2.75) is 6.42 Å². The van der Waals surface area contributed by atoms with Gasteiger partial charge in [-0.05, 0) is 29.6 Å². The van der Waals surface area contributed by atoms with Crippen molar-refractivity contribution in [1.82, 2.24) is 0 Å². The Morgan fingerprint density at radius 3 is 2.79 bits per heavy atom. The Kier molecular flexibility index (Phi) is 4.44. The van der Waals surface area contributed by atoms with Gasteiger partial charge in [0.05, 0.1) is 5.92 Å². The molecule has 0 spiro atoms. The van der Waals surface area contributed by atoms with Crippen molar-refractivity contribution in [2.75, 3.05) is 23.6 Å². The monoisotopic (exact) mass is 406 g/mol. The summed E-state index contributed by atoms with van der Waals surface area (Å²) in [7, 11) is 0. The van der Waals surface area contributed by atoms with E-state index < -0.39 is 5.92 Å². The summed E-state index contributed by atoms with van der Waals surface area (Å²) in [5.41, 5.74) is 2.45. The highest BCUT2D eigenvalue weighted by molar-refractivity contribution is 7.13. The van der Waals surface area contributed by atoms with Gasteiger partial charge in [-0.1, -0.05) is 24.3 Å². The van der Waals surface area contributed by atoms with E-state index in [1.807, 2.05) is 47.8 Å². The van der Waals surface area contributed by atoms with Crippen molar-refractivity contribution < 1.29 is 19.1 Å². The first kappa shape index (κ1) is 17.8. The number of anilines is 2. The third-order valence-electron chi connectivity index (χ3n) is 5.14. The van der Waals surface area contributed by atoms with Crippen LogP contribution in [0.25, 0.3) is 10.4 Å². The Morgan fingerprint density at radius 1 is 1.07 bits per heavy atom. The largest absolute Gasteiger partial charge is 0.454 e. The number of hydrogen-bond donors (Lipinski definition) is 1. The molecule has 29 heavy (non-hydrogen) atoms. The Bertz CT molecular complexity index is 1080. The van der Waals surface area contributed by atoms with Crippen LogP contribution in [0.1, 0.15) is 6.42 Å². The van der Waals surface area contributed by atoms with Crippen molar-refractivity contribution in [3.8, 4) is 21.9 Å². The van der Waals surface area contributed by atoms with Crippen LogP contribution in [0.3, 0.4) is 0 Å². The van der Waals surface area contributed by atoms with Gasteiger partial charge in [-0.25, -0.2) is 0 Å². The van der Waals surface area contributed by atoms with Crippen LogP contribution in [0.2, 0.25) is 0 Å². The molecule has 0 radical (unpaired) electrons. The molecule has 2 aromatic carbocycles. The zero-order valence-corrected chi connectivity index (χ0v) is 16.3. The first-order valence-electron chi connectivity index (χ1n) is 9.33. The maximum Gasteiger partial charge on any atom is 0.231 e. The molecule has 3 aromatic rings. The molecule has 1 aromatic heterocycles. The number of nitrogens with one attached hydrogen (secondary N) is 1. The number of rotatable bonds is 4. The van der Waals surface area contributed by atoms with Crippen LogP contribution in [0, 0.1) is 5.92 Å². The van der Waals surface area contributed by atoms with E-state index in [1.165, 1.54) is 0 Å². The van der Waals surface area contributed by atoms with Crippen molar-refractivity contribution in [1.29, 1.82) is 0 Å². The second-order valence-corrected chi connectivity index (χ2v) is 7.90. The van der Waals surface area contributed by atoms with Crippen LogP contribution in [0.15, 0.2) is 60.0 Å². The minimum absolute atomic E-state index is 0.0736. The molecule has 6 nitrogen and oxygen atoms in total. The topological polar surface area (TPSA) is 67.9 Å². The SMILES string of the molecule is O=C(Nc1ccccc1-c1cccs1)[C@@H]1CC(=O)N(c2ccc3c(c2)OCO3)C1. The number of para-hydroxylation sites is 1.